The molecule has 0 aliphatic heterocycles. The molecule has 0 aliphatic carbocycles. The van der Waals surface area contributed by atoms with Gasteiger partial charge < -0.3 is 22.9 Å². The maximum absolute atomic E-state index is 4.90. The van der Waals surface area contributed by atoms with Crippen LogP contribution in [0.4, 0.5) is 0 Å². The van der Waals surface area contributed by atoms with Gasteiger partial charge in [0, 0.05) is 26.2 Å². The van der Waals surface area contributed by atoms with Crippen LogP contribution in [-0.2, 0) is 0 Å². The number of nitrogens with two attached hydrogens (primary N) is 4. The van der Waals surface area contributed by atoms with Gasteiger partial charge in [0.2, 0.25) is 0 Å². The van der Waals surface area contributed by atoms with Gasteiger partial charge in [-0.1, -0.05) is 0 Å². The van der Waals surface area contributed by atoms with Crippen molar-refractivity contribution in [2.24, 2.45) is 22.9 Å². The average Bonchev–Trinajstić information content (AvgIpc) is 1.88. The van der Waals surface area contributed by atoms with Crippen molar-refractivity contribution < 1.29 is 0 Å². The van der Waals surface area contributed by atoms with E-state index in [1.807, 2.05) is 0 Å². The van der Waals surface area contributed by atoms with Crippen molar-refractivity contribution in [2.75, 3.05) is 26.2 Å². The maximum Gasteiger partial charge on any atom is 0.00461 e. The molecule has 0 spiro atoms. The van der Waals surface area contributed by atoms with Crippen LogP contribution in [-0.4, -0.2) is 26.2 Å². The standard InChI is InChI=1S/2C2H8N2.2BrH/c2*3-1-2-4;;/h2*1-4H2;2*1H. The molecule has 0 saturated heterocycles. The molecule has 6 heteroatoms. The third kappa shape index (κ3) is 68.3. The van der Waals surface area contributed by atoms with Gasteiger partial charge in [-0.3, -0.25) is 0 Å². The van der Waals surface area contributed by atoms with E-state index < -0.39 is 0 Å². The van der Waals surface area contributed by atoms with Gasteiger partial charge in [-0.2, -0.15) is 0 Å². The van der Waals surface area contributed by atoms with E-state index >= 15 is 0 Å². The Labute approximate surface area is 83.2 Å². The molecule has 0 bridgehead atoms. The first-order valence-electron chi connectivity index (χ1n) is 2.63. The Balaban J connectivity index is -0.0000000300. The Hall–Kier alpha value is 0.800. The highest BCUT2D eigenvalue weighted by Crippen LogP contribution is 1.24. The summed E-state index contributed by atoms with van der Waals surface area (Å²) in [6.07, 6.45) is 0. The van der Waals surface area contributed by atoms with Gasteiger partial charge in [-0.25, -0.2) is 0 Å². The smallest absolute Gasteiger partial charge is 0.00461 e. The Morgan fingerprint density at radius 2 is 0.600 bits per heavy atom. The van der Waals surface area contributed by atoms with E-state index in [2.05, 4.69) is 0 Å². The summed E-state index contributed by atoms with van der Waals surface area (Å²) >= 11 is 0. The highest BCUT2D eigenvalue weighted by atomic mass is 79.9. The summed E-state index contributed by atoms with van der Waals surface area (Å²) in [6, 6.07) is 0. The van der Waals surface area contributed by atoms with Gasteiger partial charge in [0.15, 0.2) is 0 Å². The number of rotatable bonds is 2. The molecule has 8 N–H and O–H groups in total. The van der Waals surface area contributed by atoms with E-state index in [9.17, 15) is 0 Å². The predicted octanol–water partition coefficient (Wildman–Crippen LogP) is -1.04. The van der Waals surface area contributed by atoms with Crippen LogP contribution < -0.4 is 22.9 Å². The minimum atomic E-state index is 0. The molecule has 0 aromatic heterocycles. The molecule has 0 saturated carbocycles. The molecule has 0 rings (SSSR count). The number of hydrogen-bond acceptors (Lipinski definition) is 4. The zero-order valence-electron chi connectivity index (χ0n) is 5.95. The zero-order valence-corrected chi connectivity index (χ0v) is 9.38. The molecule has 0 aliphatic rings. The van der Waals surface area contributed by atoms with E-state index in [0.29, 0.717) is 26.2 Å². The van der Waals surface area contributed by atoms with Crippen molar-refractivity contribution in [3.63, 3.8) is 0 Å². The molecule has 0 aromatic carbocycles. The van der Waals surface area contributed by atoms with E-state index in [4.69, 9.17) is 22.9 Å². The normalized spacial score (nSPS) is 6.00. The quantitative estimate of drug-likeness (QED) is 0.519. The minimum absolute atomic E-state index is 0. The third-order valence-electron chi connectivity index (χ3n) is 0.333. The summed E-state index contributed by atoms with van der Waals surface area (Å²) < 4.78 is 0. The highest BCUT2D eigenvalue weighted by Gasteiger charge is 1.54. The molecule has 68 valence electrons. The number of halogens is 2. The fourth-order valence-corrected chi connectivity index (χ4v) is 0. The van der Waals surface area contributed by atoms with Gasteiger partial charge in [0.1, 0.15) is 0 Å². The first-order valence-corrected chi connectivity index (χ1v) is 2.63. The van der Waals surface area contributed by atoms with Crippen LogP contribution in [0, 0.1) is 0 Å². The average molecular weight is 282 g/mol. The highest BCUT2D eigenvalue weighted by molar-refractivity contribution is 8.93. The summed E-state index contributed by atoms with van der Waals surface area (Å²) in [5.41, 5.74) is 19.6. The van der Waals surface area contributed by atoms with Crippen LogP contribution >= 0.6 is 34.0 Å². The predicted molar refractivity (Wildman–Crippen MR) is 56.9 cm³/mol. The second kappa shape index (κ2) is 32.9. The van der Waals surface area contributed by atoms with Crippen LogP contribution in [0.25, 0.3) is 0 Å². The van der Waals surface area contributed by atoms with Crippen LogP contribution in [0.15, 0.2) is 0 Å². The summed E-state index contributed by atoms with van der Waals surface area (Å²) in [4.78, 5) is 0. The molecule has 0 heterocycles. The van der Waals surface area contributed by atoms with E-state index in [1.165, 1.54) is 0 Å². The summed E-state index contributed by atoms with van der Waals surface area (Å²) in [7, 11) is 0. The van der Waals surface area contributed by atoms with Gasteiger partial charge in [-0.05, 0) is 0 Å². The molecular weight excluding hydrogens is 264 g/mol. The van der Waals surface area contributed by atoms with Gasteiger partial charge >= 0.3 is 0 Å². The van der Waals surface area contributed by atoms with Gasteiger partial charge in [-0.15, -0.1) is 34.0 Å². The van der Waals surface area contributed by atoms with Crippen LogP contribution in [0.2, 0.25) is 0 Å². The minimum Gasteiger partial charge on any atom is -0.329 e. The molecule has 0 atom stereocenters. The van der Waals surface area contributed by atoms with E-state index in [0.717, 1.165) is 0 Å². The lowest BCUT2D eigenvalue weighted by molar-refractivity contribution is 0.976. The van der Waals surface area contributed by atoms with Crippen molar-refractivity contribution >= 4 is 34.0 Å². The lowest BCUT2D eigenvalue weighted by atomic mass is 10.7. The Morgan fingerprint density at radius 1 is 0.500 bits per heavy atom. The summed E-state index contributed by atoms with van der Waals surface area (Å²) in [5.74, 6) is 0. The van der Waals surface area contributed by atoms with Gasteiger partial charge in [0.05, 0.1) is 0 Å². The molecule has 0 fully saturated rings. The van der Waals surface area contributed by atoms with Crippen LogP contribution in [0.5, 0.6) is 0 Å². The fraction of sp³-hybridized carbons (Fsp3) is 1.00. The monoisotopic (exact) mass is 280 g/mol. The van der Waals surface area contributed by atoms with Crippen molar-refractivity contribution in [3.05, 3.63) is 0 Å². The van der Waals surface area contributed by atoms with E-state index in [-0.39, 0.29) is 34.0 Å². The topological polar surface area (TPSA) is 104 Å². The molecule has 4 nitrogen and oxygen atoms in total. The third-order valence-corrected chi connectivity index (χ3v) is 0.333. The lowest BCUT2D eigenvalue weighted by Crippen LogP contribution is -2.11. The second-order valence-electron chi connectivity index (χ2n) is 1.15. The Bertz CT molecular complexity index is 23.2. The van der Waals surface area contributed by atoms with Crippen molar-refractivity contribution in [1.82, 2.24) is 0 Å². The number of hydrogen-bond donors (Lipinski definition) is 4. The largest absolute Gasteiger partial charge is 0.329 e. The van der Waals surface area contributed by atoms with Crippen molar-refractivity contribution in [3.8, 4) is 0 Å². The first kappa shape index (κ1) is 22.4. The summed E-state index contributed by atoms with van der Waals surface area (Å²) in [6.45, 7) is 2.39. The molecule has 0 aromatic rings. The molecule has 10 heavy (non-hydrogen) atoms. The summed E-state index contributed by atoms with van der Waals surface area (Å²) in [5, 5.41) is 0. The second-order valence-corrected chi connectivity index (χ2v) is 1.15. The zero-order chi connectivity index (χ0) is 6.83. The van der Waals surface area contributed by atoms with Crippen molar-refractivity contribution in [2.45, 2.75) is 0 Å². The lowest BCUT2D eigenvalue weighted by Gasteiger charge is -1.72. The first-order chi connectivity index (χ1) is 3.83. The van der Waals surface area contributed by atoms with Crippen LogP contribution in [0.1, 0.15) is 0 Å². The molecule has 0 unspecified atom stereocenters. The fourth-order valence-electron chi connectivity index (χ4n) is 0. The molecule has 0 radical (unpaired) electrons. The maximum atomic E-state index is 4.90. The van der Waals surface area contributed by atoms with E-state index in [1.54, 1.807) is 0 Å². The Kier molecular flexibility index (Phi) is 73.9. The Morgan fingerprint density at radius 3 is 0.600 bits per heavy atom. The van der Waals surface area contributed by atoms with Crippen molar-refractivity contribution in [1.29, 1.82) is 0 Å². The SMILES string of the molecule is Br.Br.NCCN.NCCN. The van der Waals surface area contributed by atoms with Crippen LogP contribution in [0.3, 0.4) is 0 Å². The molecule has 0 amide bonds. The molecular formula is C4H18Br2N4. The van der Waals surface area contributed by atoms with Gasteiger partial charge in [0.25, 0.3) is 0 Å².